The third kappa shape index (κ3) is 3.61. The first-order valence-corrected chi connectivity index (χ1v) is 7.84. The van der Waals surface area contributed by atoms with Crippen LogP contribution in [-0.4, -0.2) is 24.3 Å². The van der Waals surface area contributed by atoms with Crippen LogP contribution in [-0.2, 0) is 0 Å². The monoisotopic (exact) mass is 357 g/mol. The molecule has 0 fully saturated rings. The highest BCUT2D eigenvalue weighted by molar-refractivity contribution is 6.50. The lowest BCUT2D eigenvalue weighted by Gasteiger charge is -2.09. The van der Waals surface area contributed by atoms with Crippen LogP contribution in [0.4, 0.5) is 0 Å². The van der Waals surface area contributed by atoms with Gasteiger partial charge in [0.05, 0.1) is 20.4 Å². The molecule has 1 heterocycles. The quantitative estimate of drug-likeness (QED) is 0.710. The molecule has 0 atom stereocenters. The van der Waals surface area contributed by atoms with Crippen molar-refractivity contribution >= 4 is 22.7 Å². The summed E-state index contributed by atoms with van der Waals surface area (Å²) in [5.74, 6) is 1.43. The van der Waals surface area contributed by atoms with Crippen LogP contribution in [0.25, 0.3) is 22.4 Å². The zero-order valence-electron chi connectivity index (χ0n) is 13.7. The SMILES string of the molecule is COc1cc(/C=C(\Cl)c2ncc(-c3ccccc3)o2)cc(OC)c1O. The molecule has 0 radical (unpaired) electrons. The summed E-state index contributed by atoms with van der Waals surface area (Å²) in [6.45, 7) is 0. The summed E-state index contributed by atoms with van der Waals surface area (Å²) >= 11 is 6.33. The summed E-state index contributed by atoms with van der Waals surface area (Å²) in [7, 11) is 2.92. The van der Waals surface area contributed by atoms with Crippen molar-refractivity contribution in [2.45, 2.75) is 0 Å². The normalized spacial score (nSPS) is 11.4. The maximum Gasteiger partial charge on any atom is 0.238 e. The molecule has 0 aliphatic heterocycles. The van der Waals surface area contributed by atoms with Crippen LogP contribution >= 0.6 is 11.6 Å². The molecular weight excluding hydrogens is 342 g/mol. The number of hydrogen-bond donors (Lipinski definition) is 1. The molecule has 2 aromatic carbocycles. The second kappa shape index (κ2) is 7.32. The first-order chi connectivity index (χ1) is 12.1. The van der Waals surface area contributed by atoms with E-state index < -0.39 is 0 Å². The van der Waals surface area contributed by atoms with Crippen molar-refractivity contribution in [2.24, 2.45) is 0 Å². The molecule has 0 aliphatic rings. The molecule has 6 heteroatoms. The van der Waals surface area contributed by atoms with Gasteiger partial charge >= 0.3 is 0 Å². The van der Waals surface area contributed by atoms with Crippen LogP contribution in [0.5, 0.6) is 17.2 Å². The van der Waals surface area contributed by atoms with Crippen LogP contribution in [0.3, 0.4) is 0 Å². The predicted molar refractivity (Wildman–Crippen MR) is 96.9 cm³/mol. The van der Waals surface area contributed by atoms with Gasteiger partial charge in [-0.3, -0.25) is 0 Å². The molecule has 0 aliphatic carbocycles. The Morgan fingerprint density at radius 2 is 1.76 bits per heavy atom. The molecule has 0 amide bonds. The van der Waals surface area contributed by atoms with Gasteiger partial charge in [-0.15, -0.1) is 0 Å². The summed E-state index contributed by atoms with van der Waals surface area (Å²) in [4.78, 5) is 4.21. The molecule has 3 rings (SSSR count). The van der Waals surface area contributed by atoms with Crippen LogP contribution in [0.1, 0.15) is 11.5 Å². The maximum absolute atomic E-state index is 9.96. The molecule has 128 valence electrons. The molecule has 0 unspecified atom stereocenters. The minimum Gasteiger partial charge on any atom is -0.502 e. The number of methoxy groups -OCH3 is 2. The van der Waals surface area contributed by atoms with E-state index in [1.807, 2.05) is 30.3 Å². The van der Waals surface area contributed by atoms with Crippen molar-refractivity contribution in [3.63, 3.8) is 0 Å². The fraction of sp³-hybridized carbons (Fsp3) is 0.105. The lowest BCUT2D eigenvalue weighted by atomic mass is 10.1. The third-order valence-electron chi connectivity index (χ3n) is 3.56. The molecule has 1 aromatic heterocycles. The zero-order valence-corrected chi connectivity index (χ0v) is 14.4. The summed E-state index contributed by atoms with van der Waals surface area (Å²) in [5, 5.41) is 10.3. The Kier molecular flexibility index (Phi) is 4.95. The maximum atomic E-state index is 9.96. The third-order valence-corrected chi connectivity index (χ3v) is 3.83. The van der Waals surface area contributed by atoms with Crippen molar-refractivity contribution < 1.29 is 19.0 Å². The second-order valence-electron chi connectivity index (χ2n) is 5.16. The van der Waals surface area contributed by atoms with E-state index in [4.69, 9.17) is 25.5 Å². The van der Waals surface area contributed by atoms with Gasteiger partial charge in [0.1, 0.15) is 5.03 Å². The van der Waals surface area contributed by atoms with Crippen LogP contribution in [0.15, 0.2) is 53.1 Å². The minimum absolute atomic E-state index is 0.0687. The van der Waals surface area contributed by atoms with Gasteiger partial charge in [0, 0.05) is 5.56 Å². The number of halogens is 1. The molecule has 0 saturated carbocycles. The number of rotatable bonds is 5. The molecule has 0 saturated heterocycles. The van der Waals surface area contributed by atoms with E-state index in [-0.39, 0.29) is 17.2 Å². The Bertz CT molecular complexity index is 878. The van der Waals surface area contributed by atoms with Gasteiger partial charge in [-0.05, 0) is 23.8 Å². The van der Waals surface area contributed by atoms with Gasteiger partial charge in [-0.1, -0.05) is 41.9 Å². The first-order valence-electron chi connectivity index (χ1n) is 7.46. The van der Waals surface area contributed by atoms with Crippen molar-refractivity contribution in [3.8, 4) is 28.6 Å². The molecule has 0 spiro atoms. The van der Waals surface area contributed by atoms with Crippen LogP contribution in [0.2, 0.25) is 0 Å². The van der Waals surface area contributed by atoms with Gasteiger partial charge in [0.25, 0.3) is 0 Å². The molecule has 25 heavy (non-hydrogen) atoms. The van der Waals surface area contributed by atoms with Crippen molar-refractivity contribution in [2.75, 3.05) is 14.2 Å². The van der Waals surface area contributed by atoms with E-state index >= 15 is 0 Å². The number of aromatic nitrogens is 1. The highest BCUT2D eigenvalue weighted by atomic mass is 35.5. The van der Waals surface area contributed by atoms with Crippen LogP contribution in [0, 0.1) is 0 Å². The lowest BCUT2D eigenvalue weighted by molar-refractivity contribution is 0.340. The topological polar surface area (TPSA) is 64.7 Å². The Morgan fingerprint density at radius 3 is 2.36 bits per heavy atom. The standard InChI is InChI=1S/C19H16ClNO4/c1-23-15-9-12(10-16(24-2)18(15)22)8-14(20)19-21-11-17(25-19)13-6-4-3-5-7-13/h3-11,22H,1-2H3/b14-8-. The smallest absolute Gasteiger partial charge is 0.238 e. The summed E-state index contributed by atoms with van der Waals surface area (Å²) < 4.78 is 16.0. The first kappa shape index (κ1) is 16.9. The summed E-state index contributed by atoms with van der Waals surface area (Å²) in [6, 6.07) is 12.9. The zero-order chi connectivity index (χ0) is 17.8. The Labute approximate surface area is 150 Å². The number of phenols is 1. The molecule has 5 nitrogen and oxygen atoms in total. The highest BCUT2D eigenvalue weighted by Gasteiger charge is 2.13. The molecule has 3 aromatic rings. The largest absolute Gasteiger partial charge is 0.502 e. The summed E-state index contributed by atoms with van der Waals surface area (Å²) in [6.07, 6.45) is 3.28. The van der Waals surface area contributed by atoms with Crippen molar-refractivity contribution in [3.05, 3.63) is 60.1 Å². The van der Waals surface area contributed by atoms with Crippen LogP contribution < -0.4 is 9.47 Å². The Hall–Kier alpha value is -2.92. The van der Waals surface area contributed by atoms with E-state index in [0.717, 1.165) is 5.56 Å². The molecular formula is C19H16ClNO4. The van der Waals surface area contributed by atoms with E-state index in [1.165, 1.54) is 14.2 Å². The van der Waals surface area contributed by atoms with Gasteiger partial charge in [0.2, 0.25) is 11.6 Å². The summed E-state index contributed by atoms with van der Waals surface area (Å²) in [5.41, 5.74) is 1.59. The number of oxazole rings is 1. The Balaban J connectivity index is 1.93. The molecule has 1 N–H and O–H groups in total. The average molecular weight is 358 g/mol. The minimum atomic E-state index is -0.0687. The highest BCUT2D eigenvalue weighted by Crippen LogP contribution is 2.38. The molecule has 0 bridgehead atoms. The number of hydrogen-bond acceptors (Lipinski definition) is 5. The average Bonchev–Trinajstić information content (AvgIpc) is 3.14. The van der Waals surface area contributed by atoms with Crippen molar-refractivity contribution in [1.82, 2.24) is 4.98 Å². The number of ether oxygens (including phenoxy) is 2. The second-order valence-corrected chi connectivity index (χ2v) is 5.57. The van der Waals surface area contributed by atoms with E-state index in [1.54, 1.807) is 24.4 Å². The Morgan fingerprint density at radius 1 is 1.12 bits per heavy atom. The van der Waals surface area contributed by atoms with E-state index in [0.29, 0.717) is 22.2 Å². The fourth-order valence-corrected chi connectivity index (χ4v) is 2.54. The number of nitrogens with zero attached hydrogens (tertiary/aromatic N) is 1. The fourth-order valence-electron chi connectivity index (χ4n) is 2.33. The predicted octanol–water partition coefficient (Wildman–Crippen LogP) is 4.80. The van der Waals surface area contributed by atoms with E-state index in [9.17, 15) is 5.11 Å². The number of benzene rings is 2. The van der Waals surface area contributed by atoms with Gasteiger partial charge in [0.15, 0.2) is 17.3 Å². The van der Waals surface area contributed by atoms with Crippen molar-refractivity contribution in [1.29, 1.82) is 0 Å². The van der Waals surface area contributed by atoms with Gasteiger partial charge in [-0.2, -0.15) is 0 Å². The van der Waals surface area contributed by atoms with E-state index in [2.05, 4.69) is 4.98 Å². The number of aromatic hydroxyl groups is 1. The van der Waals surface area contributed by atoms with Gasteiger partial charge < -0.3 is 19.0 Å². The van der Waals surface area contributed by atoms with Gasteiger partial charge in [-0.25, -0.2) is 4.98 Å². The lowest BCUT2D eigenvalue weighted by Crippen LogP contribution is -1.90. The number of phenolic OH excluding ortho intramolecular Hbond substituents is 1.